The van der Waals surface area contributed by atoms with E-state index in [0.29, 0.717) is 0 Å². The van der Waals surface area contributed by atoms with E-state index in [9.17, 15) is 0 Å². The molecule has 0 atom stereocenters. The summed E-state index contributed by atoms with van der Waals surface area (Å²) >= 11 is 0. The summed E-state index contributed by atoms with van der Waals surface area (Å²) in [6.07, 6.45) is 2.28. The molecule has 0 fully saturated rings. The van der Waals surface area contributed by atoms with Gasteiger partial charge in [-0.05, 0) is 24.9 Å². The third-order valence-corrected chi connectivity index (χ3v) is 2.77. The maximum atomic E-state index is 5.65. The van der Waals surface area contributed by atoms with Crippen LogP contribution in [0.5, 0.6) is 0 Å². The Morgan fingerprint density at radius 2 is 1.88 bits per heavy atom. The van der Waals surface area contributed by atoms with Gasteiger partial charge in [0.1, 0.15) is 0 Å². The van der Waals surface area contributed by atoms with Gasteiger partial charge in [0.2, 0.25) is 0 Å². The third-order valence-electron chi connectivity index (χ3n) is 2.77. The summed E-state index contributed by atoms with van der Waals surface area (Å²) in [5, 5.41) is 0. The molecule has 0 amide bonds. The largest absolute Gasteiger partial charge is 0.385 e. The van der Waals surface area contributed by atoms with Crippen molar-refractivity contribution in [2.75, 3.05) is 33.4 Å². The summed E-state index contributed by atoms with van der Waals surface area (Å²) in [5.41, 5.74) is 7.00. The van der Waals surface area contributed by atoms with E-state index in [-0.39, 0.29) is 0 Å². The number of methoxy groups -OCH3 is 1. The van der Waals surface area contributed by atoms with Crippen LogP contribution in [0.15, 0.2) is 30.3 Å². The van der Waals surface area contributed by atoms with Gasteiger partial charge >= 0.3 is 0 Å². The van der Waals surface area contributed by atoms with Crippen LogP contribution in [0.4, 0.5) is 0 Å². The highest BCUT2D eigenvalue weighted by Crippen LogP contribution is 2.05. The lowest BCUT2D eigenvalue weighted by Gasteiger charge is -2.21. The van der Waals surface area contributed by atoms with Gasteiger partial charge in [0.15, 0.2) is 0 Å². The van der Waals surface area contributed by atoms with Gasteiger partial charge in [-0.15, -0.1) is 0 Å². The Hall–Kier alpha value is -0.900. The van der Waals surface area contributed by atoms with E-state index >= 15 is 0 Å². The van der Waals surface area contributed by atoms with Crippen LogP contribution in [0, 0.1) is 0 Å². The van der Waals surface area contributed by atoms with Gasteiger partial charge in [0.25, 0.3) is 0 Å². The summed E-state index contributed by atoms with van der Waals surface area (Å²) in [6.45, 7) is 4.61. The first-order valence-electron chi connectivity index (χ1n) is 6.32. The molecule has 0 bridgehead atoms. The number of nitrogens with two attached hydrogens (primary N) is 1. The van der Waals surface area contributed by atoms with E-state index in [4.69, 9.17) is 10.5 Å². The van der Waals surface area contributed by atoms with Crippen molar-refractivity contribution in [3.8, 4) is 0 Å². The fourth-order valence-corrected chi connectivity index (χ4v) is 1.88. The molecule has 2 N–H and O–H groups in total. The van der Waals surface area contributed by atoms with Crippen LogP contribution in [0.3, 0.4) is 0 Å². The van der Waals surface area contributed by atoms with Crippen molar-refractivity contribution in [2.45, 2.75) is 19.4 Å². The Morgan fingerprint density at radius 3 is 2.53 bits per heavy atom. The molecular weight excluding hydrogens is 212 g/mol. The number of rotatable bonds is 9. The number of unbranched alkanes of at least 4 members (excludes halogenated alkanes) is 1. The Morgan fingerprint density at radius 1 is 1.12 bits per heavy atom. The van der Waals surface area contributed by atoms with Crippen LogP contribution in [-0.4, -0.2) is 38.3 Å². The van der Waals surface area contributed by atoms with E-state index in [1.54, 1.807) is 7.11 Å². The zero-order valence-electron chi connectivity index (χ0n) is 10.8. The zero-order chi connectivity index (χ0) is 12.3. The average Bonchev–Trinajstić information content (AvgIpc) is 2.36. The predicted octanol–water partition coefficient (Wildman–Crippen LogP) is 1.87. The van der Waals surface area contributed by atoms with Crippen LogP contribution < -0.4 is 5.73 Å². The highest BCUT2D eigenvalue weighted by Gasteiger charge is 2.04. The molecule has 0 unspecified atom stereocenters. The second-order valence-corrected chi connectivity index (χ2v) is 4.25. The molecule has 17 heavy (non-hydrogen) atoms. The van der Waals surface area contributed by atoms with E-state index < -0.39 is 0 Å². The first-order chi connectivity index (χ1) is 8.36. The molecule has 1 rings (SSSR count). The second kappa shape index (κ2) is 9.16. The zero-order valence-corrected chi connectivity index (χ0v) is 10.8. The number of benzene rings is 1. The molecule has 1 aromatic carbocycles. The molecule has 0 saturated carbocycles. The van der Waals surface area contributed by atoms with Crippen molar-refractivity contribution >= 4 is 0 Å². The minimum Gasteiger partial charge on any atom is -0.385 e. The van der Waals surface area contributed by atoms with Gasteiger partial charge in [0, 0.05) is 33.4 Å². The average molecular weight is 236 g/mol. The highest BCUT2D eigenvalue weighted by atomic mass is 16.5. The molecular formula is C14H24N2O. The highest BCUT2D eigenvalue weighted by molar-refractivity contribution is 5.14. The summed E-state index contributed by atoms with van der Waals surface area (Å²) in [7, 11) is 1.75. The van der Waals surface area contributed by atoms with E-state index in [1.807, 2.05) is 0 Å². The lowest BCUT2D eigenvalue weighted by Crippen LogP contribution is -2.30. The van der Waals surface area contributed by atoms with Crippen molar-refractivity contribution < 1.29 is 4.74 Å². The van der Waals surface area contributed by atoms with Crippen LogP contribution in [-0.2, 0) is 11.3 Å². The number of ether oxygens (including phenoxy) is 1. The number of hydrogen-bond acceptors (Lipinski definition) is 3. The van der Waals surface area contributed by atoms with Crippen molar-refractivity contribution in [3.63, 3.8) is 0 Å². The number of hydrogen-bond donors (Lipinski definition) is 1. The van der Waals surface area contributed by atoms with Gasteiger partial charge in [-0.3, -0.25) is 4.90 Å². The summed E-state index contributed by atoms with van der Waals surface area (Å²) in [4.78, 5) is 2.41. The molecule has 3 heteroatoms. The molecule has 0 aliphatic rings. The maximum Gasteiger partial charge on any atom is 0.0462 e. The molecule has 0 radical (unpaired) electrons. The maximum absolute atomic E-state index is 5.65. The van der Waals surface area contributed by atoms with E-state index in [2.05, 4.69) is 35.2 Å². The molecule has 96 valence electrons. The van der Waals surface area contributed by atoms with Crippen LogP contribution >= 0.6 is 0 Å². The normalized spacial score (nSPS) is 11.0. The predicted molar refractivity (Wildman–Crippen MR) is 71.9 cm³/mol. The minimum atomic E-state index is 0.719. The summed E-state index contributed by atoms with van der Waals surface area (Å²) in [5.74, 6) is 0. The fourth-order valence-electron chi connectivity index (χ4n) is 1.88. The fraction of sp³-hybridized carbons (Fsp3) is 0.571. The Balaban J connectivity index is 2.32. The Kier molecular flexibility index (Phi) is 7.63. The molecule has 0 spiro atoms. The van der Waals surface area contributed by atoms with Crippen LogP contribution in [0.25, 0.3) is 0 Å². The smallest absolute Gasteiger partial charge is 0.0462 e. The Labute approximate surface area is 105 Å². The lowest BCUT2D eigenvalue weighted by molar-refractivity contribution is 0.183. The lowest BCUT2D eigenvalue weighted by atomic mass is 10.2. The first kappa shape index (κ1) is 14.2. The molecule has 0 aliphatic heterocycles. The first-order valence-corrected chi connectivity index (χ1v) is 6.32. The third kappa shape index (κ3) is 6.41. The van der Waals surface area contributed by atoms with Crippen molar-refractivity contribution in [3.05, 3.63) is 35.9 Å². The molecule has 3 nitrogen and oxygen atoms in total. The SMILES string of the molecule is COCCCCN(CCN)Cc1ccccc1. The molecule has 0 aromatic heterocycles. The Bertz CT molecular complexity index is 277. The summed E-state index contributed by atoms with van der Waals surface area (Å²) in [6, 6.07) is 10.6. The standard InChI is InChI=1S/C14H24N2O/c1-17-12-6-5-10-16(11-9-15)13-14-7-3-2-4-8-14/h2-4,7-8H,5-6,9-13,15H2,1H3. The summed E-state index contributed by atoms with van der Waals surface area (Å²) < 4.78 is 5.06. The molecule has 0 aliphatic carbocycles. The number of nitrogens with zero attached hydrogens (tertiary/aromatic N) is 1. The second-order valence-electron chi connectivity index (χ2n) is 4.25. The van der Waals surface area contributed by atoms with Gasteiger partial charge in [-0.2, -0.15) is 0 Å². The van der Waals surface area contributed by atoms with Gasteiger partial charge in [-0.1, -0.05) is 30.3 Å². The van der Waals surface area contributed by atoms with E-state index in [0.717, 1.165) is 39.2 Å². The monoisotopic (exact) mass is 236 g/mol. The van der Waals surface area contributed by atoms with Gasteiger partial charge < -0.3 is 10.5 Å². The van der Waals surface area contributed by atoms with E-state index in [1.165, 1.54) is 12.0 Å². The van der Waals surface area contributed by atoms with Gasteiger partial charge in [-0.25, -0.2) is 0 Å². The minimum absolute atomic E-state index is 0.719. The van der Waals surface area contributed by atoms with Gasteiger partial charge in [0.05, 0.1) is 0 Å². The van der Waals surface area contributed by atoms with Crippen molar-refractivity contribution in [1.29, 1.82) is 0 Å². The molecule has 0 saturated heterocycles. The quantitative estimate of drug-likeness (QED) is 0.665. The molecule has 1 aromatic rings. The van der Waals surface area contributed by atoms with Crippen LogP contribution in [0.2, 0.25) is 0 Å². The van der Waals surface area contributed by atoms with Crippen LogP contribution in [0.1, 0.15) is 18.4 Å². The topological polar surface area (TPSA) is 38.5 Å². The van der Waals surface area contributed by atoms with Crippen molar-refractivity contribution in [2.24, 2.45) is 5.73 Å². The molecule has 0 heterocycles. The van der Waals surface area contributed by atoms with Crippen molar-refractivity contribution in [1.82, 2.24) is 4.90 Å².